The van der Waals surface area contributed by atoms with Gasteiger partial charge >= 0.3 is 5.97 Å². The number of carboxylic acid groups (broad SMARTS) is 1. The molecule has 0 spiro atoms. The van der Waals surface area contributed by atoms with Crippen molar-refractivity contribution in [1.82, 2.24) is 0 Å². The second kappa shape index (κ2) is 6.61. The molecule has 0 bridgehead atoms. The molecule has 20 heavy (non-hydrogen) atoms. The lowest BCUT2D eigenvalue weighted by molar-refractivity contribution is -0.142. The summed E-state index contributed by atoms with van der Waals surface area (Å²) in [6.07, 6.45) is 1.38. The Bertz CT molecular complexity index is 494. The van der Waals surface area contributed by atoms with Gasteiger partial charge in [-0.1, -0.05) is 0 Å². The normalized spacial score (nSPS) is 17.2. The van der Waals surface area contributed by atoms with E-state index in [9.17, 15) is 4.79 Å². The number of nitrogens with zero attached hydrogens (tertiary/aromatic N) is 2. The fourth-order valence-electron chi connectivity index (χ4n) is 2.32. The third-order valence-electron chi connectivity index (χ3n) is 3.47. The highest BCUT2D eigenvalue weighted by atomic mass is 35.5. The van der Waals surface area contributed by atoms with Crippen LogP contribution in [0.25, 0.3) is 0 Å². The zero-order chi connectivity index (χ0) is 14.5. The summed E-state index contributed by atoms with van der Waals surface area (Å²) in [6, 6.07) is 7.72. The monoisotopic (exact) mass is 295 g/mol. The lowest BCUT2D eigenvalue weighted by Gasteiger charge is -2.31. The molecule has 1 heterocycles. The molecule has 1 saturated heterocycles. The van der Waals surface area contributed by atoms with Crippen LogP contribution in [0, 0.1) is 5.92 Å². The van der Waals surface area contributed by atoms with Crippen molar-refractivity contribution in [2.45, 2.75) is 12.8 Å². The average Bonchev–Trinajstić information content (AvgIpc) is 2.48. The summed E-state index contributed by atoms with van der Waals surface area (Å²) in [5.41, 5.74) is 7.43. The van der Waals surface area contributed by atoms with E-state index >= 15 is 0 Å². The van der Waals surface area contributed by atoms with Gasteiger partial charge in [-0.05, 0) is 37.1 Å². The third kappa shape index (κ3) is 3.63. The van der Waals surface area contributed by atoms with Crippen LogP contribution in [-0.2, 0) is 4.79 Å². The van der Waals surface area contributed by atoms with E-state index in [0.717, 1.165) is 24.5 Å². The molecule has 1 fully saturated rings. The lowest BCUT2D eigenvalue weighted by atomic mass is 9.97. The van der Waals surface area contributed by atoms with Crippen LogP contribution >= 0.6 is 11.6 Å². The van der Waals surface area contributed by atoms with Gasteiger partial charge in [0.1, 0.15) is 5.84 Å². The summed E-state index contributed by atoms with van der Waals surface area (Å²) in [5.74, 6) is -0.295. The van der Waals surface area contributed by atoms with E-state index in [4.69, 9.17) is 22.4 Å². The minimum absolute atomic E-state index is 0.210. The predicted octanol–water partition coefficient (Wildman–Crippen LogP) is 2.22. The number of carbonyl (C=O) groups is 1. The number of alkyl halides is 1. The molecule has 1 aromatic rings. The van der Waals surface area contributed by atoms with E-state index in [0.29, 0.717) is 18.7 Å². The van der Waals surface area contributed by atoms with Gasteiger partial charge in [-0.3, -0.25) is 4.79 Å². The molecule has 1 aromatic carbocycles. The van der Waals surface area contributed by atoms with Gasteiger partial charge in [-0.2, -0.15) is 0 Å². The Kier molecular flexibility index (Phi) is 4.84. The molecule has 5 nitrogen and oxygen atoms in total. The molecule has 0 unspecified atom stereocenters. The third-order valence-corrected chi connectivity index (χ3v) is 3.74. The van der Waals surface area contributed by atoms with Crippen molar-refractivity contribution in [2.75, 3.05) is 23.9 Å². The van der Waals surface area contributed by atoms with E-state index in [-0.39, 0.29) is 11.8 Å². The molecule has 2 rings (SSSR count). The maximum Gasteiger partial charge on any atom is 0.306 e. The summed E-state index contributed by atoms with van der Waals surface area (Å²) in [6.45, 7) is 1.53. The van der Waals surface area contributed by atoms with Crippen LogP contribution < -0.4 is 10.6 Å². The number of piperidine rings is 1. The standard InChI is InChI=1S/C14H18ClN3O2/c15-9-13(16)17-11-1-3-12(4-2-11)18-7-5-10(6-8-18)14(19)20/h1-4,10H,5-9H2,(H2,16,17)(H,19,20). The molecule has 0 saturated carbocycles. The van der Waals surface area contributed by atoms with Crippen molar-refractivity contribution in [3.05, 3.63) is 24.3 Å². The fraction of sp³-hybridized carbons (Fsp3) is 0.429. The number of aliphatic carboxylic acids is 1. The second-order valence-electron chi connectivity index (χ2n) is 4.85. The second-order valence-corrected chi connectivity index (χ2v) is 5.12. The topological polar surface area (TPSA) is 78.9 Å². The predicted molar refractivity (Wildman–Crippen MR) is 81.0 cm³/mol. The van der Waals surface area contributed by atoms with Crippen molar-refractivity contribution in [2.24, 2.45) is 16.6 Å². The Hall–Kier alpha value is -1.75. The summed E-state index contributed by atoms with van der Waals surface area (Å²) >= 11 is 5.58. The number of anilines is 1. The quantitative estimate of drug-likeness (QED) is 0.507. The van der Waals surface area contributed by atoms with E-state index in [1.807, 2.05) is 24.3 Å². The Labute approximate surface area is 123 Å². The largest absolute Gasteiger partial charge is 0.481 e. The van der Waals surface area contributed by atoms with Crippen LogP contribution in [0.3, 0.4) is 0 Å². The first-order valence-electron chi connectivity index (χ1n) is 6.57. The molecule has 0 amide bonds. The zero-order valence-corrected chi connectivity index (χ0v) is 11.9. The molecule has 0 atom stereocenters. The summed E-state index contributed by atoms with van der Waals surface area (Å²) in [4.78, 5) is 17.3. The highest BCUT2D eigenvalue weighted by molar-refractivity contribution is 6.28. The maximum absolute atomic E-state index is 10.9. The van der Waals surface area contributed by atoms with E-state index in [1.165, 1.54) is 0 Å². The van der Waals surface area contributed by atoms with Gasteiger partial charge in [0.05, 0.1) is 17.5 Å². The lowest BCUT2D eigenvalue weighted by Crippen LogP contribution is -2.36. The first kappa shape index (κ1) is 14.7. The molecule has 0 aromatic heterocycles. The van der Waals surface area contributed by atoms with E-state index in [1.54, 1.807) is 0 Å². The molecule has 1 aliphatic heterocycles. The maximum atomic E-state index is 10.9. The Morgan fingerprint density at radius 2 is 1.95 bits per heavy atom. The molecule has 0 aliphatic carbocycles. The van der Waals surface area contributed by atoms with Crippen LogP contribution in [-0.4, -0.2) is 35.9 Å². The van der Waals surface area contributed by atoms with Crippen LogP contribution in [0.1, 0.15) is 12.8 Å². The Balaban J connectivity index is 1.99. The number of carboxylic acids is 1. The first-order chi connectivity index (χ1) is 9.60. The summed E-state index contributed by atoms with van der Waals surface area (Å²) < 4.78 is 0. The number of aliphatic imine (C=N–C) groups is 1. The van der Waals surface area contributed by atoms with Crippen molar-refractivity contribution in [3.8, 4) is 0 Å². The molecule has 1 aliphatic rings. The minimum Gasteiger partial charge on any atom is -0.481 e. The number of amidine groups is 1. The molecule has 0 radical (unpaired) electrons. The average molecular weight is 296 g/mol. The van der Waals surface area contributed by atoms with Gasteiger partial charge < -0.3 is 15.7 Å². The highest BCUT2D eigenvalue weighted by Crippen LogP contribution is 2.25. The van der Waals surface area contributed by atoms with Gasteiger partial charge in [0.25, 0.3) is 0 Å². The van der Waals surface area contributed by atoms with Crippen LogP contribution in [0.5, 0.6) is 0 Å². The number of halogens is 1. The van der Waals surface area contributed by atoms with Gasteiger partial charge in [0, 0.05) is 18.8 Å². The summed E-state index contributed by atoms with van der Waals surface area (Å²) in [5, 5.41) is 8.98. The van der Waals surface area contributed by atoms with Gasteiger partial charge in [0.15, 0.2) is 0 Å². The van der Waals surface area contributed by atoms with Gasteiger partial charge in [-0.15, -0.1) is 11.6 Å². The van der Waals surface area contributed by atoms with E-state index in [2.05, 4.69) is 9.89 Å². The number of benzene rings is 1. The Morgan fingerprint density at radius 3 is 2.45 bits per heavy atom. The van der Waals surface area contributed by atoms with Crippen molar-refractivity contribution in [3.63, 3.8) is 0 Å². The molecule has 3 N–H and O–H groups in total. The number of hydrogen-bond acceptors (Lipinski definition) is 3. The number of nitrogens with two attached hydrogens (primary N) is 1. The van der Waals surface area contributed by atoms with Crippen LogP contribution in [0.4, 0.5) is 11.4 Å². The Morgan fingerprint density at radius 1 is 1.35 bits per heavy atom. The number of rotatable bonds is 4. The minimum atomic E-state index is -0.689. The first-order valence-corrected chi connectivity index (χ1v) is 7.10. The smallest absolute Gasteiger partial charge is 0.306 e. The molecule has 108 valence electrons. The van der Waals surface area contributed by atoms with Gasteiger partial charge in [-0.25, -0.2) is 4.99 Å². The summed E-state index contributed by atoms with van der Waals surface area (Å²) in [7, 11) is 0. The SMILES string of the molecule is NC(CCl)=Nc1ccc(N2CCC(C(=O)O)CC2)cc1. The molecular weight excluding hydrogens is 278 g/mol. The zero-order valence-electron chi connectivity index (χ0n) is 11.1. The molecular formula is C14H18ClN3O2. The van der Waals surface area contributed by atoms with Crippen molar-refractivity contribution in [1.29, 1.82) is 0 Å². The van der Waals surface area contributed by atoms with Crippen molar-refractivity contribution < 1.29 is 9.90 Å². The highest BCUT2D eigenvalue weighted by Gasteiger charge is 2.24. The van der Waals surface area contributed by atoms with Crippen LogP contribution in [0.15, 0.2) is 29.3 Å². The van der Waals surface area contributed by atoms with E-state index < -0.39 is 5.97 Å². The van der Waals surface area contributed by atoms with Crippen LogP contribution in [0.2, 0.25) is 0 Å². The van der Waals surface area contributed by atoms with Gasteiger partial charge in [0.2, 0.25) is 0 Å². The van der Waals surface area contributed by atoms with Crippen molar-refractivity contribution >= 4 is 34.8 Å². The fourth-order valence-corrected chi connectivity index (χ4v) is 2.38. The molecule has 6 heteroatoms. The number of hydrogen-bond donors (Lipinski definition) is 2.